The largest absolute Gasteiger partial charge is 0.477 e. The number of carboxylic acid groups (broad SMARTS) is 2. The Morgan fingerprint density at radius 1 is 0.757 bits per heavy atom. The van der Waals surface area contributed by atoms with Crippen LogP contribution in [0.3, 0.4) is 0 Å². The van der Waals surface area contributed by atoms with Crippen LogP contribution in [0.4, 0.5) is 0 Å². The maximum Gasteiger partial charge on any atom is 0.352 e. The lowest BCUT2D eigenvalue weighted by Crippen LogP contribution is -2.13. The van der Waals surface area contributed by atoms with E-state index >= 15 is 0 Å². The molecule has 196 valence electrons. The summed E-state index contributed by atoms with van der Waals surface area (Å²) in [5.41, 5.74) is 4.17. The topological polar surface area (TPSA) is 159 Å². The molecule has 0 fully saturated rings. The van der Waals surface area contributed by atoms with Crippen LogP contribution in [0.2, 0.25) is 0 Å². The molecule has 10 nitrogen and oxygen atoms in total. The van der Waals surface area contributed by atoms with Crippen molar-refractivity contribution in [2.24, 2.45) is 0 Å². The van der Waals surface area contributed by atoms with Gasteiger partial charge >= 0.3 is 23.9 Å². The van der Waals surface area contributed by atoms with Crippen molar-refractivity contribution in [1.29, 1.82) is 0 Å². The number of carbonyl (C=O) groups excluding carboxylic acids is 2. The van der Waals surface area contributed by atoms with Gasteiger partial charge in [-0.2, -0.15) is 0 Å². The minimum absolute atomic E-state index is 0.00282. The lowest BCUT2D eigenvalue weighted by atomic mass is 9.86. The second-order valence-corrected chi connectivity index (χ2v) is 8.67. The molecule has 0 unspecified atom stereocenters. The number of aromatic carboxylic acids is 2. The van der Waals surface area contributed by atoms with Gasteiger partial charge in [0, 0.05) is 38.1 Å². The van der Waals surface area contributed by atoms with Gasteiger partial charge in [-0.3, -0.25) is 9.59 Å². The van der Waals surface area contributed by atoms with Crippen LogP contribution in [0.5, 0.6) is 0 Å². The molecular formula is C27H30N2O8. The number of hydrogen-bond acceptors (Lipinski definition) is 6. The van der Waals surface area contributed by atoms with E-state index in [0.29, 0.717) is 33.6 Å². The third-order valence-corrected chi connectivity index (χ3v) is 6.28. The number of ether oxygens (including phenoxy) is 2. The van der Waals surface area contributed by atoms with Gasteiger partial charge in [0.25, 0.3) is 0 Å². The van der Waals surface area contributed by atoms with Crippen LogP contribution in [0.1, 0.15) is 79.9 Å². The number of hydrogen-bond donors (Lipinski definition) is 4. The summed E-state index contributed by atoms with van der Waals surface area (Å²) in [5.74, 6) is -3.81. The first-order valence-corrected chi connectivity index (χ1v) is 11.7. The molecule has 37 heavy (non-hydrogen) atoms. The van der Waals surface area contributed by atoms with E-state index in [9.17, 15) is 29.4 Å². The molecule has 0 bridgehead atoms. The Bertz CT molecular complexity index is 1240. The lowest BCUT2D eigenvalue weighted by molar-refractivity contribution is -0.141. The Kier molecular flexibility index (Phi) is 8.54. The first-order valence-electron chi connectivity index (χ1n) is 11.7. The molecule has 3 aromatic rings. The van der Waals surface area contributed by atoms with Crippen molar-refractivity contribution < 1.29 is 38.9 Å². The van der Waals surface area contributed by atoms with Gasteiger partial charge in [0.1, 0.15) is 11.4 Å². The van der Waals surface area contributed by atoms with E-state index < -0.39 is 29.8 Å². The Balaban J connectivity index is 2.27. The molecule has 0 saturated heterocycles. The number of carbonyl (C=O) groups is 4. The summed E-state index contributed by atoms with van der Waals surface area (Å²) in [4.78, 5) is 52.9. The summed E-state index contributed by atoms with van der Waals surface area (Å²) in [5, 5.41) is 19.7. The van der Waals surface area contributed by atoms with E-state index in [2.05, 4.69) is 9.97 Å². The smallest absolute Gasteiger partial charge is 0.352 e. The summed E-state index contributed by atoms with van der Waals surface area (Å²) < 4.78 is 10.3. The average molecular weight is 511 g/mol. The quantitative estimate of drug-likeness (QED) is 0.284. The van der Waals surface area contributed by atoms with Gasteiger partial charge in [-0.1, -0.05) is 30.3 Å². The first kappa shape index (κ1) is 27.3. The molecule has 0 saturated carbocycles. The Labute approximate surface area is 213 Å². The minimum Gasteiger partial charge on any atom is -0.477 e. The predicted octanol–water partition coefficient (Wildman–Crippen LogP) is 3.75. The SMILES string of the molecule is CC(=O)OCCc1c(C(c2ccccc2)c2[nH]c(C(=O)O)c(C)c2CCOC(C)=O)[nH]c(C(=O)O)c1C. The Morgan fingerprint density at radius 2 is 1.16 bits per heavy atom. The second-order valence-electron chi connectivity index (χ2n) is 8.67. The van der Waals surface area contributed by atoms with Crippen LogP contribution in [0.15, 0.2) is 30.3 Å². The van der Waals surface area contributed by atoms with Crippen molar-refractivity contribution in [3.63, 3.8) is 0 Å². The summed E-state index contributed by atoms with van der Waals surface area (Å²) in [6.45, 7) is 6.05. The van der Waals surface area contributed by atoms with E-state index in [4.69, 9.17) is 9.47 Å². The predicted molar refractivity (Wildman–Crippen MR) is 133 cm³/mol. The van der Waals surface area contributed by atoms with Crippen LogP contribution in [-0.2, 0) is 31.9 Å². The highest BCUT2D eigenvalue weighted by atomic mass is 16.5. The molecule has 0 amide bonds. The van der Waals surface area contributed by atoms with Gasteiger partial charge in [0.2, 0.25) is 0 Å². The molecule has 2 aromatic heterocycles. The zero-order chi connectivity index (χ0) is 27.3. The third-order valence-electron chi connectivity index (χ3n) is 6.28. The molecule has 0 radical (unpaired) electrons. The van der Waals surface area contributed by atoms with Crippen LogP contribution in [-0.4, -0.2) is 57.3 Å². The first-order chi connectivity index (χ1) is 17.5. The monoisotopic (exact) mass is 510 g/mol. The van der Waals surface area contributed by atoms with Gasteiger partial charge in [-0.15, -0.1) is 0 Å². The number of aromatic amines is 2. The van der Waals surface area contributed by atoms with Gasteiger partial charge in [0.15, 0.2) is 0 Å². The zero-order valence-corrected chi connectivity index (χ0v) is 21.1. The van der Waals surface area contributed by atoms with Crippen LogP contribution in [0.25, 0.3) is 0 Å². The summed E-state index contributed by atoms with van der Waals surface area (Å²) in [7, 11) is 0. The maximum atomic E-state index is 12.0. The average Bonchev–Trinajstić information content (AvgIpc) is 3.32. The van der Waals surface area contributed by atoms with Crippen molar-refractivity contribution in [1.82, 2.24) is 9.97 Å². The summed E-state index contributed by atoms with van der Waals surface area (Å²) in [6.07, 6.45) is 0.504. The number of esters is 2. The molecule has 0 aliphatic rings. The maximum absolute atomic E-state index is 12.0. The molecule has 3 rings (SSSR count). The molecule has 2 heterocycles. The molecule has 4 N–H and O–H groups in total. The van der Waals surface area contributed by atoms with Crippen LogP contribution >= 0.6 is 0 Å². The van der Waals surface area contributed by atoms with Crippen molar-refractivity contribution >= 4 is 23.9 Å². The highest BCUT2D eigenvalue weighted by molar-refractivity contribution is 5.89. The van der Waals surface area contributed by atoms with E-state index in [1.807, 2.05) is 30.3 Å². The fraction of sp³-hybridized carbons (Fsp3) is 0.333. The number of benzene rings is 1. The number of H-pyrrole nitrogens is 2. The summed E-state index contributed by atoms with van der Waals surface area (Å²) >= 11 is 0. The van der Waals surface area contributed by atoms with Gasteiger partial charge in [0.05, 0.1) is 19.1 Å². The van der Waals surface area contributed by atoms with Crippen molar-refractivity contribution in [3.8, 4) is 0 Å². The minimum atomic E-state index is -1.15. The lowest BCUT2D eigenvalue weighted by Gasteiger charge is -2.20. The molecule has 0 aliphatic carbocycles. The van der Waals surface area contributed by atoms with Gasteiger partial charge in [-0.25, -0.2) is 9.59 Å². The normalized spacial score (nSPS) is 10.9. The highest BCUT2D eigenvalue weighted by Crippen LogP contribution is 2.38. The van der Waals surface area contributed by atoms with E-state index in [1.54, 1.807) is 13.8 Å². The molecule has 0 spiro atoms. The fourth-order valence-electron chi connectivity index (χ4n) is 4.60. The Morgan fingerprint density at radius 3 is 1.51 bits per heavy atom. The van der Waals surface area contributed by atoms with Crippen molar-refractivity contribution in [2.75, 3.05) is 13.2 Å². The van der Waals surface area contributed by atoms with Crippen LogP contribution < -0.4 is 0 Å². The van der Waals surface area contributed by atoms with Gasteiger partial charge < -0.3 is 29.7 Å². The molecule has 0 atom stereocenters. The number of carboxylic acids is 2. The zero-order valence-electron chi connectivity index (χ0n) is 21.1. The fourth-order valence-corrected chi connectivity index (χ4v) is 4.60. The number of rotatable bonds is 11. The number of aromatic nitrogens is 2. The summed E-state index contributed by atoms with van der Waals surface area (Å²) in [6, 6.07) is 9.24. The van der Waals surface area contributed by atoms with E-state index in [0.717, 1.165) is 5.56 Å². The van der Waals surface area contributed by atoms with Gasteiger partial charge in [-0.05, 0) is 41.7 Å². The molecule has 1 aromatic carbocycles. The second kappa shape index (κ2) is 11.6. The molecular weight excluding hydrogens is 480 g/mol. The Hall–Kier alpha value is -4.34. The van der Waals surface area contributed by atoms with E-state index in [1.165, 1.54) is 13.8 Å². The van der Waals surface area contributed by atoms with Crippen molar-refractivity contribution in [3.05, 3.63) is 80.9 Å². The molecule has 10 heteroatoms. The standard InChI is InChI=1S/C27H30N2O8/c1-14-19(10-12-36-16(3)30)24(28-22(14)26(32)33)21(18-8-6-5-7-9-18)25-20(11-13-37-17(4)31)15(2)23(29-25)27(34)35/h5-9,21,28-29H,10-13H2,1-4H3,(H,32,33)(H,34,35). The highest BCUT2D eigenvalue weighted by Gasteiger charge is 2.31. The molecule has 0 aliphatic heterocycles. The van der Waals surface area contributed by atoms with Crippen LogP contribution in [0, 0.1) is 13.8 Å². The van der Waals surface area contributed by atoms with Crippen molar-refractivity contribution in [2.45, 2.75) is 46.5 Å². The number of nitrogens with one attached hydrogen (secondary N) is 2. The third kappa shape index (κ3) is 6.08. The van der Waals surface area contributed by atoms with E-state index in [-0.39, 0.29) is 37.4 Å².